The van der Waals surface area contributed by atoms with Crippen molar-refractivity contribution in [1.29, 1.82) is 0 Å². The summed E-state index contributed by atoms with van der Waals surface area (Å²) in [5.41, 5.74) is 2.75. The standard InChI is InChI=1S/C50H50F3N9O6/c1-31-12-14-34(26-33(31)15-13-32-25-36-29-55-59-45(36)54-28-32)46(65)56-37-17-16-35(39(27-37)50(51,52)53)30-61-23-21-60(22-24-61)20-7-5-3-2-4-6-11-42(63)57-40-10-8-9-38-44(40)49(68)62(48(38)67)41-18-19-43(64)58-47(41)66/h8-10,12,14,16-17,25-29,41H,2-7,11,18-24,30H2,1H3,(H,56,65)(H,57,63)(H,54,55,59)(H,58,64,66). The van der Waals surface area contributed by atoms with E-state index in [9.17, 15) is 41.9 Å². The molecule has 8 rings (SSSR count). The Labute approximate surface area is 390 Å². The van der Waals surface area contributed by atoms with E-state index in [4.69, 9.17) is 0 Å². The number of benzene rings is 3. The first kappa shape index (κ1) is 47.3. The molecule has 0 saturated carbocycles. The molecule has 6 amide bonds. The highest BCUT2D eigenvalue weighted by molar-refractivity contribution is 6.26. The van der Waals surface area contributed by atoms with Crippen molar-refractivity contribution in [2.24, 2.45) is 0 Å². The number of amides is 6. The summed E-state index contributed by atoms with van der Waals surface area (Å²) in [6.45, 7) is 5.60. The zero-order valence-corrected chi connectivity index (χ0v) is 37.4. The van der Waals surface area contributed by atoms with Gasteiger partial charge in [-0.15, -0.1) is 0 Å². The van der Waals surface area contributed by atoms with Crippen LogP contribution in [0.25, 0.3) is 11.0 Å². The van der Waals surface area contributed by atoms with Crippen LogP contribution >= 0.6 is 0 Å². The molecule has 2 aromatic heterocycles. The average Bonchev–Trinajstić information content (AvgIpc) is 3.89. The third kappa shape index (κ3) is 11.1. The number of alkyl halides is 3. The highest BCUT2D eigenvalue weighted by atomic mass is 19.4. The van der Waals surface area contributed by atoms with Crippen LogP contribution in [0.2, 0.25) is 0 Å². The number of hydrogen-bond donors (Lipinski definition) is 4. The molecule has 352 valence electrons. The highest BCUT2D eigenvalue weighted by Gasteiger charge is 2.46. The molecule has 3 aromatic carbocycles. The van der Waals surface area contributed by atoms with Crippen LogP contribution in [-0.2, 0) is 27.1 Å². The quantitative estimate of drug-likeness (QED) is 0.0493. The SMILES string of the molecule is Cc1ccc(C(=O)Nc2ccc(CN3CCN(CCCCCCCCC(=O)Nc4cccc5c4C(=O)N(C4CCC(=O)NC4=O)C5=O)CC3)c(C(F)(F)F)c2)cc1C#Cc1cnc2[nH]ncc2c1. The summed E-state index contributed by atoms with van der Waals surface area (Å²) in [5, 5.41) is 15.1. The van der Waals surface area contributed by atoms with Gasteiger partial charge in [-0.2, -0.15) is 18.3 Å². The highest BCUT2D eigenvalue weighted by Crippen LogP contribution is 2.35. The van der Waals surface area contributed by atoms with E-state index in [0.29, 0.717) is 36.3 Å². The van der Waals surface area contributed by atoms with E-state index < -0.39 is 47.3 Å². The van der Waals surface area contributed by atoms with E-state index in [-0.39, 0.29) is 65.3 Å². The van der Waals surface area contributed by atoms with Crippen molar-refractivity contribution in [2.45, 2.75) is 83.5 Å². The van der Waals surface area contributed by atoms with Gasteiger partial charge in [0.2, 0.25) is 17.7 Å². The lowest BCUT2D eigenvalue weighted by molar-refractivity contribution is -0.138. The van der Waals surface area contributed by atoms with Crippen molar-refractivity contribution in [2.75, 3.05) is 43.4 Å². The third-order valence-corrected chi connectivity index (χ3v) is 12.5. The maximum atomic E-state index is 14.4. The maximum Gasteiger partial charge on any atom is 0.416 e. The second-order valence-corrected chi connectivity index (χ2v) is 17.3. The lowest BCUT2D eigenvalue weighted by Crippen LogP contribution is -2.54. The molecule has 0 spiro atoms. The van der Waals surface area contributed by atoms with E-state index in [2.05, 4.69) is 47.9 Å². The van der Waals surface area contributed by atoms with Crippen LogP contribution in [0.5, 0.6) is 0 Å². The van der Waals surface area contributed by atoms with Gasteiger partial charge >= 0.3 is 6.18 Å². The number of pyridine rings is 1. The first-order chi connectivity index (χ1) is 32.7. The zero-order chi connectivity index (χ0) is 48.0. The summed E-state index contributed by atoms with van der Waals surface area (Å²) in [6.07, 6.45) is 4.30. The summed E-state index contributed by atoms with van der Waals surface area (Å²) in [4.78, 5) is 86.0. The number of rotatable bonds is 15. The molecular formula is C50H50F3N9O6. The molecule has 4 N–H and O–H groups in total. The van der Waals surface area contributed by atoms with Gasteiger partial charge in [0.15, 0.2) is 5.65 Å². The van der Waals surface area contributed by atoms with Gasteiger partial charge in [0.25, 0.3) is 17.7 Å². The van der Waals surface area contributed by atoms with E-state index >= 15 is 0 Å². The molecule has 0 aliphatic carbocycles. The van der Waals surface area contributed by atoms with Crippen LogP contribution in [0.3, 0.4) is 0 Å². The number of aromatic nitrogens is 3. The van der Waals surface area contributed by atoms with Gasteiger partial charge < -0.3 is 15.5 Å². The van der Waals surface area contributed by atoms with E-state index in [1.807, 2.05) is 17.9 Å². The molecule has 2 saturated heterocycles. The molecule has 2 fully saturated rings. The number of anilines is 2. The van der Waals surface area contributed by atoms with Crippen molar-refractivity contribution in [1.82, 2.24) is 35.2 Å². The van der Waals surface area contributed by atoms with E-state index in [0.717, 1.165) is 73.7 Å². The molecule has 3 aliphatic heterocycles. The number of hydrogen-bond acceptors (Lipinski definition) is 10. The number of halogens is 3. The van der Waals surface area contributed by atoms with Gasteiger partial charge in [-0.25, -0.2) is 4.98 Å². The lowest BCUT2D eigenvalue weighted by Gasteiger charge is -2.35. The summed E-state index contributed by atoms with van der Waals surface area (Å²) in [5.74, 6) is 2.81. The van der Waals surface area contributed by atoms with Gasteiger partial charge in [-0.1, -0.05) is 55.7 Å². The number of piperazine rings is 1. The van der Waals surface area contributed by atoms with E-state index in [1.165, 1.54) is 18.2 Å². The number of H-pyrrole nitrogens is 1. The number of carbonyl (C=O) groups is 6. The lowest BCUT2D eigenvalue weighted by atomic mass is 10.0. The molecule has 1 atom stereocenters. The Morgan fingerprint density at radius 1 is 0.838 bits per heavy atom. The molecule has 3 aliphatic rings. The first-order valence-electron chi connectivity index (χ1n) is 22.7. The Kier molecular flexibility index (Phi) is 14.4. The number of nitrogens with one attached hydrogen (secondary N) is 4. The Hall–Kier alpha value is -7.23. The Morgan fingerprint density at radius 3 is 2.38 bits per heavy atom. The molecule has 15 nitrogen and oxygen atoms in total. The first-order valence-corrected chi connectivity index (χ1v) is 22.7. The minimum atomic E-state index is -4.62. The molecule has 5 aromatic rings. The fraction of sp³-hybridized carbons (Fsp3) is 0.360. The second kappa shape index (κ2) is 20.7. The smallest absolute Gasteiger partial charge is 0.325 e. The summed E-state index contributed by atoms with van der Waals surface area (Å²) in [7, 11) is 0. The predicted octanol–water partition coefficient (Wildman–Crippen LogP) is 6.83. The van der Waals surface area contributed by atoms with Crippen molar-refractivity contribution >= 4 is 57.9 Å². The van der Waals surface area contributed by atoms with Gasteiger partial charge in [-0.05, 0) is 86.3 Å². The van der Waals surface area contributed by atoms with Gasteiger partial charge in [0.1, 0.15) is 6.04 Å². The van der Waals surface area contributed by atoms with Crippen LogP contribution < -0.4 is 16.0 Å². The summed E-state index contributed by atoms with van der Waals surface area (Å²) in [6, 6.07) is 14.3. The van der Waals surface area contributed by atoms with Gasteiger partial charge in [-0.3, -0.25) is 49.0 Å². The van der Waals surface area contributed by atoms with Gasteiger partial charge in [0.05, 0.1) is 28.6 Å². The Balaban J connectivity index is 0.734. The Bertz CT molecular complexity index is 2840. The fourth-order valence-electron chi connectivity index (χ4n) is 8.77. The minimum absolute atomic E-state index is 0.0114. The molecule has 68 heavy (non-hydrogen) atoms. The third-order valence-electron chi connectivity index (χ3n) is 12.5. The van der Waals surface area contributed by atoms with E-state index in [1.54, 1.807) is 42.7 Å². The average molecular weight is 930 g/mol. The molecule has 0 radical (unpaired) electrons. The number of carbonyl (C=O) groups excluding carboxylic acids is 6. The molecule has 18 heteroatoms. The van der Waals surface area contributed by atoms with Crippen LogP contribution in [0.15, 0.2) is 73.1 Å². The normalized spacial score (nSPS) is 16.6. The minimum Gasteiger partial charge on any atom is -0.325 e. The molecule has 5 heterocycles. The Morgan fingerprint density at radius 2 is 1.60 bits per heavy atom. The summed E-state index contributed by atoms with van der Waals surface area (Å²) < 4.78 is 43.2. The number of aromatic amines is 1. The number of aryl methyl sites for hydroxylation is 1. The fourth-order valence-corrected chi connectivity index (χ4v) is 8.77. The summed E-state index contributed by atoms with van der Waals surface area (Å²) >= 11 is 0. The van der Waals surface area contributed by atoms with Crippen molar-refractivity contribution < 1.29 is 41.9 Å². The number of fused-ring (bicyclic) bond motifs is 2. The zero-order valence-electron chi connectivity index (χ0n) is 37.4. The largest absolute Gasteiger partial charge is 0.416 e. The number of unbranched alkanes of at least 4 members (excludes halogenated alkanes) is 5. The van der Waals surface area contributed by atoms with Crippen LogP contribution in [0, 0.1) is 18.8 Å². The van der Waals surface area contributed by atoms with Crippen LogP contribution in [-0.4, -0.2) is 104 Å². The van der Waals surface area contributed by atoms with Crippen LogP contribution in [0.4, 0.5) is 24.5 Å². The molecular weight excluding hydrogens is 880 g/mol. The monoisotopic (exact) mass is 929 g/mol. The van der Waals surface area contributed by atoms with Crippen molar-refractivity contribution in [3.8, 4) is 11.8 Å². The number of imide groups is 2. The van der Waals surface area contributed by atoms with Gasteiger partial charge in [0, 0.05) is 79.5 Å². The number of piperidine rings is 1. The van der Waals surface area contributed by atoms with Crippen molar-refractivity contribution in [3.63, 3.8) is 0 Å². The molecule has 0 bridgehead atoms. The number of nitrogens with zero attached hydrogens (tertiary/aromatic N) is 5. The van der Waals surface area contributed by atoms with Crippen LogP contribution in [0.1, 0.15) is 117 Å². The molecule has 1 unspecified atom stereocenters. The topological polar surface area (TPSA) is 190 Å². The predicted molar refractivity (Wildman–Crippen MR) is 246 cm³/mol. The second-order valence-electron chi connectivity index (χ2n) is 17.3. The maximum absolute atomic E-state index is 14.4. The van der Waals surface area contributed by atoms with Crippen molar-refractivity contribution in [3.05, 3.63) is 118 Å².